The van der Waals surface area contributed by atoms with E-state index in [1.165, 1.54) is 0 Å². The van der Waals surface area contributed by atoms with Crippen molar-refractivity contribution in [3.8, 4) is 0 Å². The number of carbonyl (C=O) groups excluding carboxylic acids is 1. The van der Waals surface area contributed by atoms with Crippen LogP contribution in [0.5, 0.6) is 0 Å². The van der Waals surface area contributed by atoms with Crippen LogP contribution in [0.25, 0.3) is 0 Å². The van der Waals surface area contributed by atoms with Gasteiger partial charge < -0.3 is 4.74 Å². The second kappa shape index (κ2) is 5.28. The molecule has 0 aromatic carbocycles. The molecule has 0 radical (unpaired) electrons. The molecule has 52 valence electrons. The lowest BCUT2D eigenvalue weighted by atomic mass is 10.3. The van der Waals surface area contributed by atoms with Crippen LogP contribution in [-0.4, -0.2) is 12.8 Å². The number of rotatable bonds is 4. The maximum absolute atomic E-state index is 11.2. The molecule has 0 heterocycles. The highest BCUT2D eigenvalue weighted by Crippen LogP contribution is 1.91. The van der Waals surface area contributed by atoms with Crippen LogP contribution in [0.1, 0.15) is 12.8 Å². The molecule has 0 spiro atoms. The summed E-state index contributed by atoms with van der Waals surface area (Å²) >= 11 is 0. The van der Waals surface area contributed by atoms with E-state index in [4.69, 9.17) is 0 Å². The van der Waals surface area contributed by atoms with Crippen molar-refractivity contribution in [2.75, 3.05) is 6.61 Å². The van der Waals surface area contributed by atoms with Crippen LogP contribution in [0.15, 0.2) is 12.7 Å². The van der Waals surface area contributed by atoms with Gasteiger partial charge in [0.15, 0.2) is 0 Å². The number of hydrogen-bond donors (Lipinski definition) is 0. The predicted molar refractivity (Wildman–Crippen MR) is 31.9 cm³/mol. The van der Waals surface area contributed by atoms with Gasteiger partial charge in [-0.05, 0) is 12.8 Å². The molecule has 0 aliphatic rings. The summed E-state index contributed by atoms with van der Waals surface area (Å²) in [6, 6.07) is 0. The zero-order valence-electron chi connectivity index (χ0n) is 5.10. The van der Waals surface area contributed by atoms with Crippen molar-refractivity contribution < 1.29 is 13.9 Å². The van der Waals surface area contributed by atoms with E-state index in [1.807, 2.05) is 0 Å². The van der Waals surface area contributed by atoms with Gasteiger partial charge in [-0.3, -0.25) is 0 Å². The Labute approximate surface area is 53.3 Å². The largest absolute Gasteiger partial charge is 0.495 e. The molecule has 0 amide bonds. The predicted octanol–water partition coefficient (Wildman–Crippen LogP) is 2.06. The molecule has 0 rings (SSSR count). The van der Waals surface area contributed by atoms with E-state index in [9.17, 15) is 9.18 Å². The standard InChI is InChI=1S/C6H9FO2/c1-2-3-4-5-9-6(7)8/h2H,1,3-5H2. The second-order valence-corrected chi connectivity index (χ2v) is 1.52. The van der Waals surface area contributed by atoms with Crippen LogP contribution in [0, 0.1) is 0 Å². The van der Waals surface area contributed by atoms with Gasteiger partial charge in [0.05, 0.1) is 6.61 Å². The Bertz CT molecular complexity index is 101. The Morgan fingerprint density at radius 2 is 2.44 bits per heavy atom. The van der Waals surface area contributed by atoms with E-state index >= 15 is 0 Å². The molecule has 0 N–H and O–H groups in total. The Kier molecular flexibility index (Phi) is 4.78. The van der Waals surface area contributed by atoms with Gasteiger partial charge in [-0.25, -0.2) is 4.79 Å². The van der Waals surface area contributed by atoms with Crippen molar-refractivity contribution in [3.05, 3.63) is 12.7 Å². The molecule has 0 aliphatic heterocycles. The molecule has 0 aliphatic carbocycles. The number of ether oxygens (including phenoxy) is 1. The van der Waals surface area contributed by atoms with Gasteiger partial charge in [-0.1, -0.05) is 6.08 Å². The van der Waals surface area contributed by atoms with E-state index in [1.54, 1.807) is 6.08 Å². The minimum Gasteiger partial charge on any atom is -0.440 e. The fourth-order valence-corrected chi connectivity index (χ4v) is 0.380. The van der Waals surface area contributed by atoms with Crippen molar-refractivity contribution in [3.63, 3.8) is 0 Å². The van der Waals surface area contributed by atoms with Crippen LogP contribution in [0.2, 0.25) is 0 Å². The van der Waals surface area contributed by atoms with Crippen LogP contribution < -0.4 is 0 Å². The molecule has 0 aromatic rings. The number of allylic oxidation sites excluding steroid dienone is 1. The molecule has 0 saturated heterocycles. The lowest BCUT2D eigenvalue weighted by Crippen LogP contribution is -1.95. The molecule has 3 heteroatoms. The van der Waals surface area contributed by atoms with Crippen molar-refractivity contribution in [2.45, 2.75) is 12.8 Å². The van der Waals surface area contributed by atoms with Crippen molar-refractivity contribution in [2.24, 2.45) is 0 Å². The Morgan fingerprint density at radius 3 is 2.89 bits per heavy atom. The third kappa shape index (κ3) is 7.14. The zero-order valence-corrected chi connectivity index (χ0v) is 5.10. The molecule has 0 unspecified atom stereocenters. The molecule has 2 nitrogen and oxygen atoms in total. The Morgan fingerprint density at radius 1 is 1.78 bits per heavy atom. The van der Waals surface area contributed by atoms with Gasteiger partial charge >= 0.3 is 6.22 Å². The number of carbonyl (C=O) groups is 1. The normalized spacial score (nSPS) is 8.56. The van der Waals surface area contributed by atoms with Gasteiger partial charge in [0.1, 0.15) is 0 Å². The summed E-state index contributed by atoms with van der Waals surface area (Å²) in [7, 11) is 0. The van der Waals surface area contributed by atoms with Crippen molar-refractivity contribution in [1.82, 2.24) is 0 Å². The maximum Gasteiger partial charge on any atom is 0.495 e. The van der Waals surface area contributed by atoms with Gasteiger partial charge in [-0.15, -0.1) is 11.0 Å². The first kappa shape index (κ1) is 8.14. The van der Waals surface area contributed by atoms with Gasteiger partial charge in [0.25, 0.3) is 0 Å². The smallest absolute Gasteiger partial charge is 0.440 e. The lowest BCUT2D eigenvalue weighted by Gasteiger charge is -1.94. The van der Waals surface area contributed by atoms with Crippen LogP contribution in [-0.2, 0) is 4.74 Å². The molecule has 0 bridgehead atoms. The molecular formula is C6H9FO2. The van der Waals surface area contributed by atoms with E-state index in [0.717, 1.165) is 6.42 Å². The first-order valence-electron chi connectivity index (χ1n) is 2.70. The molecule has 0 saturated carbocycles. The quantitative estimate of drug-likeness (QED) is 0.332. The SMILES string of the molecule is C=CCCCOC(=O)F. The zero-order chi connectivity index (χ0) is 7.11. The monoisotopic (exact) mass is 132 g/mol. The summed E-state index contributed by atoms with van der Waals surface area (Å²) < 4.78 is 15.2. The third-order valence-electron chi connectivity index (χ3n) is 0.768. The Hall–Kier alpha value is -0.860. The minimum atomic E-state index is -1.71. The van der Waals surface area contributed by atoms with Crippen LogP contribution in [0.4, 0.5) is 9.18 Å². The highest BCUT2D eigenvalue weighted by molar-refractivity contribution is 5.57. The number of unbranched alkanes of at least 4 members (excludes halogenated alkanes) is 1. The highest BCUT2D eigenvalue weighted by Gasteiger charge is 1.94. The molecule has 0 fully saturated rings. The molecule has 9 heavy (non-hydrogen) atoms. The number of hydrogen-bond acceptors (Lipinski definition) is 2. The average molecular weight is 132 g/mol. The molecule has 0 aromatic heterocycles. The lowest BCUT2D eigenvalue weighted by molar-refractivity contribution is 0.120. The molecular weight excluding hydrogens is 123 g/mol. The van der Waals surface area contributed by atoms with E-state index in [2.05, 4.69) is 11.3 Å². The fourth-order valence-electron chi connectivity index (χ4n) is 0.380. The van der Waals surface area contributed by atoms with Gasteiger partial charge in [0.2, 0.25) is 0 Å². The van der Waals surface area contributed by atoms with Crippen LogP contribution >= 0.6 is 0 Å². The number of halogens is 1. The maximum atomic E-state index is 11.2. The van der Waals surface area contributed by atoms with E-state index in [0.29, 0.717) is 6.42 Å². The average Bonchev–Trinajstić information content (AvgIpc) is 1.80. The summed E-state index contributed by atoms with van der Waals surface area (Å²) in [5.74, 6) is 0. The third-order valence-corrected chi connectivity index (χ3v) is 0.768. The summed E-state index contributed by atoms with van der Waals surface area (Å²) in [4.78, 5) is 9.49. The first-order valence-corrected chi connectivity index (χ1v) is 2.70. The molecule has 0 atom stereocenters. The summed E-state index contributed by atoms with van der Waals surface area (Å²) in [6.07, 6.45) is 1.36. The summed E-state index contributed by atoms with van der Waals surface area (Å²) in [6.45, 7) is 3.58. The van der Waals surface area contributed by atoms with E-state index < -0.39 is 6.22 Å². The summed E-state index contributed by atoms with van der Waals surface area (Å²) in [5, 5.41) is 0. The van der Waals surface area contributed by atoms with Crippen molar-refractivity contribution >= 4 is 6.22 Å². The highest BCUT2D eigenvalue weighted by atomic mass is 19.1. The van der Waals surface area contributed by atoms with Crippen molar-refractivity contribution in [1.29, 1.82) is 0 Å². The van der Waals surface area contributed by atoms with E-state index in [-0.39, 0.29) is 6.61 Å². The van der Waals surface area contributed by atoms with Crippen LogP contribution in [0.3, 0.4) is 0 Å². The fraction of sp³-hybridized carbons (Fsp3) is 0.500. The van der Waals surface area contributed by atoms with Gasteiger partial charge in [-0.2, -0.15) is 0 Å². The first-order chi connectivity index (χ1) is 4.27. The second-order valence-electron chi connectivity index (χ2n) is 1.52. The van der Waals surface area contributed by atoms with Gasteiger partial charge in [0, 0.05) is 0 Å². The Balaban J connectivity index is 2.91. The topological polar surface area (TPSA) is 26.3 Å². The summed E-state index contributed by atoms with van der Waals surface area (Å²) in [5.41, 5.74) is 0. The minimum absolute atomic E-state index is 0.140.